The molecular formula is C6H10O4. The molecule has 0 aromatic rings. The van der Waals surface area contributed by atoms with Crippen molar-refractivity contribution < 1.29 is 19.0 Å². The van der Waals surface area contributed by atoms with Crippen molar-refractivity contribution in [3.05, 3.63) is 0 Å². The number of esters is 1. The van der Waals surface area contributed by atoms with Crippen LogP contribution in [0.3, 0.4) is 0 Å². The minimum absolute atomic E-state index is 0.363. The van der Waals surface area contributed by atoms with Gasteiger partial charge in [0.15, 0.2) is 0 Å². The summed E-state index contributed by atoms with van der Waals surface area (Å²) in [6, 6.07) is 0. The second-order valence-electron chi connectivity index (χ2n) is 1.83. The van der Waals surface area contributed by atoms with Crippen LogP contribution in [0.25, 0.3) is 0 Å². The van der Waals surface area contributed by atoms with Gasteiger partial charge in [0.05, 0.1) is 19.8 Å². The zero-order valence-corrected chi connectivity index (χ0v) is 5.83. The fraction of sp³-hybridized carbons (Fsp3) is 0.833. The average Bonchev–Trinajstić information content (AvgIpc) is 2.38. The molecule has 0 aromatic heterocycles. The molecule has 0 aliphatic carbocycles. The normalized spacial score (nSPS) is 19.3. The fourth-order valence-corrected chi connectivity index (χ4v) is 0.705. The molecule has 0 spiro atoms. The molecule has 4 nitrogen and oxygen atoms in total. The average molecular weight is 146 g/mol. The highest BCUT2D eigenvalue weighted by Crippen LogP contribution is 2.04. The van der Waals surface area contributed by atoms with Crippen LogP contribution in [0.2, 0.25) is 0 Å². The van der Waals surface area contributed by atoms with E-state index >= 15 is 0 Å². The van der Waals surface area contributed by atoms with Gasteiger partial charge in [-0.05, 0) is 6.92 Å². The highest BCUT2D eigenvalue weighted by atomic mass is 16.7. The predicted octanol–water partition coefficient (Wildman–Crippen LogP) is -0.0776. The van der Waals surface area contributed by atoms with E-state index in [1.165, 1.54) is 0 Å². The zero-order valence-electron chi connectivity index (χ0n) is 5.83. The smallest absolute Gasteiger partial charge is 0.363 e. The van der Waals surface area contributed by atoms with Crippen molar-refractivity contribution in [3.63, 3.8) is 0 Å². The maximum absolute atomic E-state index is 10.8. The topological polar surface area (TPSA) is 44.8 Å². The van der Waals surface area contributed by atoms with E-state index in [4.69, 9.17) is 9.47 Å². The van der Waals surface area contributed by atoms with Gasteiger partial charge in [-0.2, -0.15) is 0 Å². The Morgan fingerprint density at radius 2 is 2.20 bits per heavy atom. The van der Waals surface area contributed by atoms with Crippen molar-refractivity contribution in [2.24, 2.45) is 0 Å². The first-order valence-corrected chi connectivity index (χ1v) is 3.24. The van der Waals surface area contributed by atoms with Gasteiger partial charge in [-0.3, -0.25) is 0 Å². The third kappa shape index (κ3) is 1.68. The van der Waals surface area contributed by atoms with Crippen LogP contribution in [-0.2, 0) is 19.0 Å². The molecule has 58 valence electrons. The molecule has 0 saturated carbocycles. The van der Waals surface area contributed by atoms with Crippen LogP contribution in [0.4, 0.5) is 0 Å². The van der Waals surface area contributed by atoms with E-state index in [9.17, 15) is 4.79 Å². The SMILES string of the molecule is CCOC(=O)C1OCCO1. The van der Waals surface area contributed by atoms with Gasteiger partial charge < -0.3 is 14.2 Å². The van der Waals surface area contributed by atoms with Crippen molar-refractivity contribution in [3.8, 4) is 0 Å². The van der Waals surface area contributed by atoms with Gasteiger partial charge >= 0.3 is 5.97 Å². The van der Waals surface area contributed by atoms with Gasteiger partial charge in [-0.15, -0.1) is 0 Å². The van der Waals surface area contributed by atoms with Gasteiger partial charge in [-0.1, -0.05) is 0 Å². The molecule has 0 atom stereocenters. The lowest BCUT2D eigenvalue weighted by Gasteiger charge is -2.06. The summed E-state index contributed by atoms with van der Waals surface area (Å²) in [5.41, 5.74) is 0. The molecule has 0 radical (unpaired) electrons. The molecule has 1 heterocycles. The number of carbonyl (C=O) groups is 1. The molecule has 1 aliphatic heterocycles. The molecule has 0 N–H and O–H groups in total. The Kier molecular flexibility index (Phi) is 2.65. The summed E-state index contributed by atoms with van der Waals surface area (Å²) in [6.45, 7) is 3.06. The lowest BCUT2D eigenvalue weighted by molar-refractivity contribution is -0.171. The van der Waals surface area contributed by atoms with Crippen LogP contribution >= 0.6 is 0 Å². The van der Waals surface area contributed by atoms with Crippen LogP contribution in [0.1, 0.15) is 6.92 Å². The van der Waals surface area contributed by atoms with Crippen molar-refractivity contribution in [2.45, 2.75) is 13.2 Å². The van der Waals surface area contributed by atoms with E-state index in [0.717, 1.165) is 0 Å². The van der Waals surface area contributed by atoms with E-state index in [0.29, 0.717) is 19.8 Å². The molecule has 0 aromatic carbocycles. The minimum Gasteiger partial charge on any atom is -0.462 e. The highest BCUT2D eigenvalue weighted by Gasteiger charge is 2.25. The van der Waals surface area contributed by atoms with Crippen molar-refractivity contribution in [1.82, 2.24) is 0 Å². The molecule has 1 rings (SSSR count). The number of rotatable bonds is 2. The van der Waals surface area contributed by atoms with E-state index in [-0.39, 0.29) is 0 Å². The second-order valence-corrected chi connectivity index (χ2v) is 1.83. The molecular weight excluding hydrogens is 136 g/mol. The molecule has 4 heteroatoms. The van der Waals surface area contributed by atoms with Gasteiger partial charge in [0.25, 0.3) is 6.29 Å². The van der Waals surface area contributed by atoms with Crippen LogP contribution in [0.15, 0.2) is 0 Å². The third-order valence-corrected chi connectivity index (χ3v) is 1.10. The monoisotopic (exact) mass is 146 g/mol. The number of carbonyl (C=O) groups excluding carboxylic acids is 1. The molecule has 1 saturated heterocycles. The van der Waals surface area contributed by atoms with Gasteiger partial charge in [-0.25, -0.2) is 4.79 Å². The fourth-order valence-electron chi connectivity index (χ4n) is 0.705. The van der Waals surface area contributed by atoms with E-state index < -0.39 is 12.3 Å². The van der Waals surface area contributed by atoms with E-state index in [1.54, 1.807) is 6.92 Å². The molecule has 0 unspecified atom stereocenters. The quantitative estimate of drug-likeness (QED) is 0.511. The summed E-state index contributed by atoms with van der Waals surface area (Å²) in [5, 5.41) is 0. The van der Waals surface area contributed by atoms with Crippen molar-refractivity contribution in [2.75, 3.05) is 19.8 Å². The van der Waals surface area contributed by atoms with Gasteiger partial charge in [0.1, 0.15) is 0 Å². The molecule has 1 aliphatic rings. The maximum atomic E-state index is 10.8. The summed E-state index contributed by atoms with van der Waals surface area (Å²) in [6.07, 6.45) is -0.778. The molecule has 0 amide bonds. The zero-order chi connectivity index (χ0) is 7.40. The molecule has 0 bridgehead atoms. The molecule has 1 fully saturated rings. The molecule has 10 heavy (non-hydrogen) atoms. The van der Waals surface area contributed by atoms with Crippen LogP contribution in [-0.4, -0.2) is 32.1 Å². The Hall–Kier alpha value is -0.610. The largest absolute Gasteiger partial charge is 0.462 e. The van der Waals surface area contributed by atoms with Crippen LogP contribution in [0.5, 0.6) is 0 Å². The second kappa shape index (κ2) is 3.53. The van der Waals surface area contributed by atoms with Crippen LogP contribution in [0, 0.1) is 0 Å². The highest BCUT2D eigenvalue weighted by molar-refractivity contribution is 5.73. The van der Waals surface area contributed by atoms with Gasteiger partial charge in [0.2, 0.25) is 0 Å². The minimum atomic E-state index is -0.778. The Balaban J connectivity index is 2.25. The summed E-state index contributed by atoms with van der Waals surface area (Å²) in [7, 11) is 0. The maximum Gasteiger partial charge on any atom is 0.363 e. The van der Waals surface area contributed by atoms with Crippen molar-refractivity contribution in [1.29, 1.82) is 0 Å². The Morgan fingerprint density at radius 1 is 1.60 bits per heavy atom. The van der Waals surface area contributed by atoms with E-state index in [1.807, 2.05) is 0 Å². The third-order valence-electron chi connectivity index (χ3n) is 1.10. The van der Waals surface area contributed by atoms with Crippen LogP contribution < -0.4 is 0 Å². The summed E-state index contributed by atoms with van der Waals surface area (Å²) < 4.78 is 14.4. The first kappa shape index (κ1) is 7.50. The first-order valence-electron chi connectivity index (χ1n) is 3.24. The Labute approximate surface area is 59.1 Å². The predicted molar refractivity (Wildman–Crippen MR) is 32.3 cm³/mol. The Bertz CT molecular complexity index is 117. The number of hydrogen-bond acceptors (Lipinski definition) is 4. The first-order chi connectivity index (χ1) is 4.84. The lowest BCUT2D eigenvalue weighted by atomic mass is 10.6. The van der Waals surface area contributed by atoms with Gasteiger partial charge in [0, 0.05) is 0 Å². The Morgan fingerprint density at radius 3 is 2.70 bits per heavy atom. The summed E-state index contributed by atoms with van der Waals surface area (Å²) in [4.78, 5) is 10.8. The lowest BCUT2D eigenvalue weighted by Crippen LogP contribution is -2.23. The number of ether oxygens (including phenoxy) is 3. The standard InChI is InChI=1S/C6H10O4/c1-2-8-5(7)6-9-3-4-10-6/h6H,2-4H2,1H3. The van der Waals surface area contributed by atoms with Crippen molar-refractivity contribution >= 4 is 5.97 Å². The summed E-state index contributed by atoms with van der Waals surface area (Å²) >= 11 is 0. The number of hydrogen-bond donors (Lipinski definition) is 0. The van der Waals surface area contributed by atoms with E-state index in [2.05, 4.69) is 4.74 Å². The summed E-state index contributed by atoms with van der Waals surface area (Å²) in [5.74, 6) is -0.431.